The molecule has 0 radical (unpaired) electrons. The van der Waals surface area contributed by atoms with Crippen LogP contribution in [0.25, 0.3) is 0 Å². The Morgan fingerprint density at radius 2 is 2.04 bits per heavy atom. The van der Waals surface area contributed by atoms with E-state index >= 15 is 0 Å². The quantitative estimate of drug-likeness (QED) is 0.481. The Kier molecular flexibility index (Phi) is 6.93. The number of aryl methyl sites for hydroxylation is 3. The zero-order valence-electron chi connectivity index (χ0n) is 15.2. The van der Waals surface area contributed by atoms with Crippen molar-refractivity contribution in [2.24, 2.45) is 10.9 Å². The number of aliphatic imine (C=N–C) groups is 1. The predicted molar refractivity (Wildman–Crippen MR) is 96.9 cm³/mol. The van der Waals surface area contributed by atoms with Crippen molar-refractivity contribution >= 4 is 5.96 Å². The van der Waals surface area contributed by atoms with Gasteiger partial charge < -0.3 is 10.6 Å². The van der Waals surface area contributed by atoms with E-state index < -0.39 is 0 Å². The highest BCUT2D eigenvalue weighted by molar-refractivity contribution is 5.80. The molecule has 5 heteroatoms. The van der Waals surface area contributed by atoms with Crippen LogP contribution in [-0.2, 0) is 6.54 Å². The third-order valence-electron chi connectivity index (χ3n) is 4.60. The molecule has 23 heavy (non-hydrogen) atoms. The maximum absolute atomic E-state index is 4.73. The Balaban J connectivity index is 1.77. The molecule has 5 nitrogen and oxygen atoms in total. The number of nitrogens with one attached hydrogen (secondary N) is 2. The molecule has 1 aromatic rings. The minimum atomic E-state index is 0.583. The Hall–Kier alpha value is -1.52. The second kappa shape index (κ2) is 8.94. The van der Waals surface area contributed by atoms with Crippen LogP contribution in [0.1, 0.15) is 57.3 Å². The smallest absolute Gasteiger partial charge is 0.191 e. The van der Waals surface area contributed by atoms with Crippen LogP contribution in [0, 0.1) is 19.8 Å². The molecule has 1 heterocycles. The molecule has 1 aliphatic carbocycles. The van der Waals surface area contributed by atoms with Crippen LogP contribution in [0.3, 0.4) is 0 Å². The van der Waals surface area contributed by atoms with Crippen molar-refractivity contribution in [3.8, 4) is 0 Å². The van der Waals surface area contributed by atoms with Gasteiger partial charge in [-0.05, 0) is 64.9 Å². The highest BCUT2D eigenvalue weighted by atomic mass is 15.3. The third-order valence-corrected chi connectivity index (χ3v) is 4.60. The summed E-state index contributed by atoms with van der Waals surface area (Å²) in [5.41, 5.74) is 2.32. The molecule has 1 aromatic heterocycles. The summed E-state index contributed by atoms with van der Waals surface area (Å²) >= 11 is 0. The molecule has 0 atom stereocenters. The van der Waals surface area contributed by atoms with Crippen molar-refractivity contribution in [3.05, 3.63) is 17.5 Å². The van der Waals surface area contributed by atoms with Gasteiger partial charge >= 0.3 is 0 Å². The molecule has 2 N–H and O–H groups in total. The van der Waals surface area contributed by atoms with E-state index in [1.165, 1.54) is 31.4 Å². The second-order valence-corrected chi connectivity index (χ2v) is 6.87. The van der Waals surface area contributed by atoms with Crippen LogP contribution < -0.4 is 10.6 Å². The van der Waals surface area contributed by atoms with Gasteiger partial charge in [-0.1, -0.05) is 6.92 Å². The van der Waals surface area contributed by atoms with Crippen molar-refractivity contribution in [2.45, 2.75) is 72.4 Å². The fraction of sp³-hybridized carbons (Fsp3) is 0.778. The lowest BCUT2D eigenvalue weighted by atomic mass is 9.87. The first-order chi connectivity index (χ1) is 11.1. The van der Waals surface area contributed by atoms with E-state index in [2.05, 4.69) is 47.3 Å². The summed E-state index contributed by atoms with van der Waals surface area (Å²) in [5, 5.41) is 11.5. The second-order valence-electron chi connectivity index (χ2n) is 6.87. The van der Waals surface area contributed by atoms with Crippen molar-refractivity contribution in [1.82, 2.24) is 20.4 Å². The van der Waals surface area contributed by atoms with E-state index in [1.54, 1.807) is 0 Å². The van der Waals surface area contributed by atoms with Gasteiger partial charge in [-0.3, -0.25) is 9.67 Å². The molecule has 1 aliphatic rings. The first kappa shape index (κ1) is 17.8. The number of rotatable bonds is 6. The van der Waals surface area contributed by atoms with Crippen molar-refractivity contribution in [2.75, 3.05) is 13.1 Å². The summed E-state index contributed by atoms with van der Waals surface area (Å²) in [6, 6.07) is 2.71. The molecule has 1 saturated carbocycles. The van der Waals surface area contributed by atoms with Crippen molar-refractivity contribution < 1.29 is 0 Å². The highest BCUT2D eigenvalue weighted by Crippen LogP contribution is 2.23. The predicted octanol–water partition coefficient (Wildman–Crippen LogP) is 3.02. The molecule has 0 saturated heterocycles. The Morgan fingerprint density at radius 1 is 1.30 bits per heavy atom. The van der Waals surface area contributed by atoms with E-state index in [1.807, 2.05) is 6.92 Å². The molecule has 0 bridgehead atoms. The zero-order valence-corrected chi connectivity index (χ0v) is 15.2. The molecule has 0 unspecified atom stereocenters. The summed E-state index contributed by atoms with van der Waals surface area (Å²) < 4.78 is 2.08. The minimum absolute atomic E-state index is 0.583. The molecular weight excluding hydrogens is 286 g/mol. The van der Waals surface area contributed by atoms with Gasteiger partial charge in [0.2, 0.25) is 0 Å². The summed E-state index contributed by atoms with van der Waals surface area (Å²) in [6.45, 7) is 11.3. The molecule has 1 fully saturated rings. The number of nitrogens with zero attached hydrogens (tertiary/aromatic N) is 3. The zero-order chi connectivity index (χ0) is 16.7. The van der Waals surface area contributed by atoms with Gasteiger partial charge in [-0.15, -0.1) is 0 Å². The average Bonchev–Trinajstić information content (AvgIpc) is 2.84. The van der Waals surface area contributed by atoms with Gasteiger partial charge in [-0.25, -0.2) is 0 Å². The van der Waals surface area contributed by atoms with Crippen molar-refractivity contribution in [3.63, 3.8) is 0 Å². The van der Waals surface area contributed by atoms with E-state index in [-0.39, 0.29) is 0 Å². The molecule has 2 rings (SSSR count). The summed E-state index contributed by atoms with van der Waals surface area (Å²) in [6.07, 6.45) is 6.19. The largest absolute Gasteiger partial charge is 0.357 e. The Labute approximate surface area is 141 Å². The van der Waals surface area contributed by atoms with E-state index in [0.717, 1.165) is 43.6 Å². The van der Waals surface area contributed by atoms with Gasteiger partial charge in [0.25, 0.3) is 0 Å². The maximum atomic E-state index is 4.73. The molecule has 0 amide bonds. The standard InChI is InChI=1S/C18H33N5/c1-5-19-18(21-17-9-7-14(2)8-10-17)20-11-6-12-23-16(4)13-15(3)22-23/h13-14,17H,5-12H2,1-4H3,(H2,19,20,21). The molecule has 0 aliphatic heterocycles. The third kappa shape index (κ3) is 5.88. The van der Waals surface area contributed by atoms with Crippen LogP contribution in [0.5, 0.6) is 0 Å². The van der Waals surface area contributed by atoms with Crippen LogP contribution >= 0.6 is 0 Å². The molecule has 0 aromatic carbocycles. The number of hydrogen-bond donors (Lipinski definition) is 2. The van der Waals surface area contributed by atoms with Crippen LogP contribution in [0.15, 0.2) is 11.1 Å². The summed E-state index contributed by atoms with van der Waals surface area (Å²) in [7, 11) is 0. The van der Waals surface area contributed by atoms with Gasteiger partial charge in [0.1, 0.15) is 0 Å². The van der Waals surface area contributed by atoms with E-state index in [0.29, 0.717) is 6.04 Å². The lowest BCUT2D eigenvalue weighted by Gasteiger charge is -2.28. The van der Waals surface area contributed by atoms with Crippen LogP contribution in [0.2, 0.25) is 0 Å². The average molecular weight is 319 g/mol. The van der Waals surface area contributed by atoms with Gasteiger partial charge in [0, 0.05) is 31.4 Å². The highest BCUT2D eigenvalue weighted by Gasteiger charge is 2.18. The molecular formula is C18H33N5. The van der Waals surface area contributed by atoms with Gasteiger partial charge in [-0.2, -0.15) is 5.10 Å². The number of guanidine groups is 1. The van der Waals surface area contributed by atoms with Crippen molar-refractivity contribution in [1.29, 1.82) is 0 Å². The monoisotopic (exact) mass is 319 g/mol. The Bertz CT molecular complexity index is 498. The fourth-order valence-electron chi connectivity index (χ4n) is 3.23. The molecule has 0 spiro atoms. The topological polar surface area (TPSA) is 54.2 Å². The normalized spacial score (nSPS) is 22.2. The molecule has 130 valence electrons. The Morgan fingerprint density at radius 3 is 2.65 bits per heavy atom. The SMILES string of the molecule is CCNC(=NCCCn1nc(C)cc1C)NC1CCC(C)CC1. The van der Waals surface area contributed by atoms with Gasteiger partial charge in [0.05, 0.1) is 5.69 Å². The fourth-order valence-corrected chi connectivity index (χ4v) is 3.23. The first-order valence-corrected chi connectivity index (χ1v) is 9.14. The van der Waals surface area contributed by atoms with E-state index in [9.17, 15) is 0 Å². The maximum Gasteiger partial charge on any atom is 0.191 e. The van der Waals surface area contributed by atoms with Crippen LogP contribution in [0.4, 0.5) is 0 Å². The number of aromatic nitrogens is 2. The van der Waals surface area contributed by atoms with Crippen LogP contribution in [-0.4, -0.2) is 34.9 Å². The minimum Gasteiger partial charge on any atom is -0.357 e. The van der Waals surface area contributed by atoms with E-state index in [4.69, 9.17) is 4.99 Å². The van der Waals surface area contributed by atoms with Gasteiger partial charge in [0.15, 0.2) is 5.96 Å². The summed E-state index contributed by atoms with van der Waals surface area (Å²) in [5.74, 6) is 1.86. The first-order valence-electron chi connectivity index (χ1n) is 9.14. The summed E-state index contributed by atoms with van der Waals surface area (Å²) in [4.78, 5) is 4.73. The lowest BCUT2D eigenvalue weighted by molar-refractivity contribution is 0.329. The number of hydrogen-bond acceptors (Lipinski definition) is 2. The lowest BCUT2D eigenvalue weighted by Crippen LogP contribution is -2.44.